The molecule has 0 aliphatic rings. The summed E-state index contributed by atoms with van der Waals surface area (Å²) in [7, 11) is 3.06. The lowest BCUT2D eigenvalue weighted by molar-refractivity contribution is -0.116. The molecule has 0 aromatic heterocycles. The Bertz CT molecular complexity index is 721. The summed E-state index contributed by atoms with van der Waals surface area (Å²) in [4.78, 5) is 12.3. The maximum Gasteiger partial charge on any atom is 0.246 e. The molecule has 2 rings (SSSR count). The van der Waals surface area contributed by atoms with Crippen LogP contribution in [-0.4, -0.2) is 26.2 Å². The summed E-state index contributed by atoms with van der Waals surface area (Å²) in [5.41, 5.74) is 1.26. The molecule has 0 saturated heterocycles. The molecule has 0 unspecified atom stereocenters. The minimum Gasteiger partial charge on any atom is -0.495 e. The molecule has 1 amide bonds. The van der Waals surface area contributed by atoms with Crippen LogP contribution in [0.3, 0.4) is 0 Å². The molecule has 128 valence electrons. The molecule has 0 heterocycles. The van der Waals surface area contributed by atoms with Crippen LogP contribution in [0, 0.1) is 0 Å². The number of anilines is 2. The van der Waals surface area contributed by atoms with Crippen molar-refractivity contribution in [3.8, 4) is 11.5 Å². The molecular formula is C17H18Cl2N2O3. The molecule has 0 bridgehead atoms. The van der Waals surface area contributed by atoms with E-state index in [4.69, 9.17) is 32.7 Å². The monoisotopic (exact) mass is 368 g/mol. The van der Waals surface area contributed by atoms with Gasteiger partial charge in [-0.15, -0.1) is 0 Å². The van der Waals surface area contributed by atoms with Crippen LogP contribution in [0.1, 0.15) is 6.92 Å². The fraction of sp³-hybridized carbons (Fsp3) is 0.235. The first-order valence-corrected chi connectivity index (χ1v) is 7.94. The quantitative estimate of drug-likeness (QED) is 0.790. The third kappa shape index (κ3) is 4.46. The zero-order valence-corrected chi connectivity index (χ0v) is 15.0. The maximum atomic E-state index is 12.3. The second kappa shape index (κ2) is 8.13. The van der Waals surface area contributed by atoms with E-state index in [9.17, 15) is 4.79 Å². The van der Waals surface area contributed by atoms with Crippen molar-refractivity contribution in [2.45, 2.75) is 13.0 Å². The van der Waals surface area contributed by atoms with E-state index in [-0.39, 0.29) is 5.91 Å². The van der Waals surface area contributed by atoms with E-state index >= 15 is 0 Å². The van der Waals surface area contributed by atoms with Crippen molar-refractivity contribution < 1.29 is 14.3 Å². The average Bonchev–Trinajstić information content (AvgIpc) is 2.57. The number of carbonyl (C=O) groups is 1. The molecule has 2 N–H and O–H groups in total. The zero-order chi connectivity index (χ0) is 17.7. The van der Waals surface area contributed by atoms with E-state index in [0.29, 0.717) is 32.9 Å². The van der Waals surface area contributed by atoms with Gasteiger partial charge in [0.25, 0.3) is 0 Å². The van der Waals surface area contributed by atoms with Crippen molar-refractivity contribution >= 4 is 40.5 Å². The topological polar surface area (TPSA) is 59.6 Å². The van der Waals surface area contributed by atoms with Crippen LogP contribution >= 0.6 is 23.2 Å². The third-order valence-corrected chi connectivity index (χ3v) is 3.90. The summed E-state index contributed by atoms with van der Waals surface area (Å²) < 4.78 is 10.5. The highest BCUT2D eigenvalue weighted by Crippen LogP contribution is 2.36. The molecule has 0 fully saturated rings. The number of hydrogen-bond acceptors (Lipinski definition) is 4. The molecule has 0 aliphatic heterocycles. The van der Waals surface area contributed by atoms with E-state index < -0.39 is 6.04 Å². The average molecular weight is 369 g/mol. The van der Waals surface area contributed by atoms with Gasteiger partial charge in [0.15, 0.2) is 0 Å². The Hall–Kier alpha value is -2.11. The van der Waals surface area contributed by atoms with E-state index in [0.717, 1.165) is 0 Å². The molecule has 2 aromatic rings. The summed E-state index contributed by atoms with van der Waals surface area (Å²) >= 11 is 12.0. The molecule has 0 radical (unpaired) electrons. The van der Waals surface area contributed by atoms with Crippen molar-refractivity contribution in [3.63, 3.8) is 0 Å². The largest absolute Gasteiger partial charge is 0.495 e. The Balaban J connectivity index is 2.10. The van der Waals surface area contributed by atoms with Crippen LogP contribution in [0.25, 0.3) is 0 Å². The van der Waals surface area contributed by atoms with Crippen molar-refractivity contribution in [1.29, 1.82) is 0 Å². The lowest BCUT2D eigenvalue weighted by Crippen LogP contribution is -2.32. The van der Waals surface area contributed by atoms with Gasteiger partial charge in [-0.3, -0.25) is 4.79 Å². The maximum absolute atomic E-state index is 12.3. The fourth-order valence-electron chi connectivity index (χ4n) is 2.06. The Kier molecular flexibility index (Phi) is 6.17. The van der Waals surface area contributed by atoms with E-state index in [2.05, 4.69) is 10.6 Å². The molecular weight excluding hydrogens is 351 g/mol. The normalized spacial score (nSPS) is 11.5. The minimum atomic E-state index is -0.515. The second-order valence-electron chi connectivity index (χ2n) is 5.05. The number of methoxy groups -OCH3 is 2. The highest BCUT2D eigenvalue weighted by Gasteiger charge is 2.17. The number of benzene rings is 2. The van der Waals surface area contributed by atoms with E-state index in [1.807, 2.05) is 0 Å². The summed E-state index contributed by atoms with van der Waals surface area (Å²) in [6, 6.07) is 9.69. The van der Waals surface area contributed by atoms with Crippen LogP contribution in [-0.2, 0) is 4.79 Å². The van der Waals surface area contributed by atoms with Crippen LogP contribution in [0.2, 0.25) is 10.0 Å². The first kappa shape index (κ1) is 18.2. The Labute approximate surface area is 150 Å². The molecule has 0 spiro atoms. The standard InChI is InChI=1S/C17H18Cl2N2O3/c1-10(17(22)21-12-6-4-11(18)5-7-12)20-14-8-13(19)15(23-2)9-16(14)24-3/h4-10,20H,1-3H3,(H,21,22)/t10-/m0/s1. The van der Waals surface area contributed by atoms with Gasteiger partial charge in [-0.05, 0) is 37.3 Å². The number of amides is 1. The van der Waals surface area contributed by atoms with Crippen molar-refractivity contribution in [2.75, 3.05) is 24.9 Å². The second-order valence-corrected chi connectivity index (χ2v) is 5.89. The Morgan fingerprint density at radius 1 is 1.04 bits per heavy atom. The minimum absolute atomic E-state index is 0.202. The number of rotatable bonds is 6. The van der Waals surface area contributed by atoms with Gasteiger partial charge in [0.05, 0.1) is 24.9 Å². The van der Waals surface area contributed by atoms with E-state index in [1.165, 1.54) is 14.2 Å². The Morgan fingerprint density at radius 2 is 1.67 bits per heavy atom. The van der Waals surface area contributed by atoms with Gasteiger partial charge >= 0.3 is 0 Å². The lowest BCUT2D eigenvalue weighted by Gasteiger charge is -2.18. The SMILES string of the molecule is COc1cc(OC)c(N[C@@H](C)C(=O)Nc2ccc(Cl)cc2)cc1Cl. The molecule has 7 heteroatoms. The third-order valence-electron chi connectivity index (χ3n) is 3.35. The van der Waals surface area contributed by atoms with Gasteiger partial charge in [-0.1, -0.05) is 23.2 Å². The number of hydrogen-bond donors (Lipinski definition) is 2. The van der Waals surface area contributed by atoms with Gasteiger partial charge in [0.2, 0.25) is 5.91 Å². The van der Waals surface area contributed by atoms with Crippen molar-refractivity contribution in [3.05, 3.63) is 46.4 Å². The van der Waals surface area contributed by atoms with Gasteiger partial charge in [-0.2, -0.15) is 0 Å². The van der Waals surface area contributed by atoms with Crippen molar-refractivity contribution in [1.82, 2.24) is 0 Å². The van der Waals surface area contributed by atoms with Gasteiger partial charge in [0, 0.05) is 16.8 Å². The first-order chi connectivity index (χ1) is 11.4. The molecule has 0 saturated carbocycles. The first-order valence-electron chi connectivity index (χ1n) is 7.19. The molecule has 24 heavy (non-hydrogen) atoms. The summed E-state index contributed by atoms with van der Waals surface area (Å²) in [5, 5.41) is 6.92. The van der Waals surface area contributed by atoms with Crippen LogP contribution in [0.4, 0.5) is 11.4 Å². The van der Waals surface area contributed by atoms with Gasteiger partial charge in [-0.25, -0.2) is 0 Å². The number of ether oxygens (including phenoxy) is 2. The zero-order valence-electron chi connectivity index (χ0n) is 13.5. The lowest BCUT2D eigenvalue weighted by atomic mass is 10.2. The Morgan fingerprint density at radius 3 is 2.25 bits per heavy atom. The highest BCUT2D eigenvalue weighted by atomic mass is 35.5. The van der Waals surface area contributed by atoms with E-state index in [1.54, 1.807) is 43.3 Å². The highest BCUT2D eigenvalue weighted by molar-refractivity contribution is 6.32. The van der Waals surface area contributed by atoms with Crippen LogP contribution in [0.5, 0.6) is 11.5 Å². The number of nitrogens with one attached hydrogen (secondary N) is 2. The van der Waals surface area contributed by atoms with Crippen LogP contribution in [0.15, 0.2) is 36.4 Å². The van der Waals surface area contributed by atoms with Crippen molar-refractivity contribution in [2.24, 2.45) is 0 Å². The number of carbonyl (C=O) groups excluding carboxylic acids is 1. The smallest absolute Gasteiger partial charge is 0.246 e. The predicted octanol–water partition coefficient (Wildman–Crippen LogP) is 4.45. The summed E-state index contributed by atoms with van der Waals surface area (Å²) in [6.07, 6.45) is 0. The molecule has 1 atom stereocenters. The number of halogens is 2. The van der Waals surface area contributed by atoms with Gasteiger partial charge in [0.1, 0.15) is 17.5 Å². The summed E-state index contributed by atoms with van der Waals surface area (Å²) in [6.45, 7) is 1.74. The predicted molar refractivity (Wildman–Crippen MR) is 97.7 cm³/mol. The van der Waals surface area contributed by atoms with Gasteiger partial charge < -0.3 is 20.1 Å². The van der Waals surface area contributed by atoms with Crippen LogP contribution < -0.4 is 20.1 Å². The summed E-state index contributed by atoms with van der Waals surface area (Å²) in [5.74, 6) is 0.825. The molecule has 5 nitrogen and oxygen atoms in total. The molecule has 0 aliphatic carbocycles. The molecule has 2 aromatic carbocycles. The fourth-order valence-corrected chi connectivity index (χ4v) is 2.42.